The molecule has 3 aromatic rings. The van der Waals surface area contributed by atoms with Gasteiger partial charge in [0.2, 0.25) is 11.8 Å². The molecule has 3 fully saturated rings. The number of fused-ring (bicyclic) bond motifs is 1. The van der Waals surface area contributed by atoms with Crippen LogP contribution in [-0.4, -0.2) is 36.1 Å². The van der Waals surface area contributed by atoms with Gasteiger partial charge in [0, 0.05) is 24.9 Å². The van der Waals surface area contributed by atoms with Crippen molar-refractivity contribution in [2.45, 2.75) is 58.2 Å². The molecular formula is C29H28N8O2. The zero-order valence-corrected chi connectivity index (χ0v) is 22.3. The van der Waals surface area contributed by atoms with Crippen LogP contribution < -0.4 is 10.1 Å². The number of amides is 1. The first-order chi connectivity index (χ1) is 18.7. The van der Waals surface area contributed by atoms with E-state index in [1.165, 1.54) is 6.08 Å². The van der Waals surface area contributed by atoms with Gasteiger partial charge in [-0.1, -0.05) is 0 Å². The average molecular weight is 521 g/mol. The van der Waals surface area contributed by atoms with Gasteiger partial charge >= 0.3 is 0 Å². The molecule has 196 valence electrons. The third-order valence-electron chi connectivity index (χ3n) is 8.19. The van der Waals surface area contributed by atoms with Crippen LogP contribution in [0.4, 0.5) is 5.95 Å². The number of hydrogen-bond donors (Lipinski definition) is 1. The molecule has 3 aliphatic carbocycles. The first-order valence-electron chi connectivity index (χ1n) is 12.9. The third kappa shape index (κ3) is 3.91. The van der Waals surface area contributed by atoms with Crippen LogP contribution in [0.1, 0.15) is 70.7 Å². The molecule has 1 N–H and O–H groups in total. The van der Waals surface area contributed by atoms with Gasteiger partial charge < -0.3 is 15.0 Å². The molecule has 0 saturated heterocycles. The fraction of sp³-hybridized carbons (Fsp3) is 0.379. The van der Waals surface area contributed by atoms with E-state index in [-0.39, 0.29) is 22.9 Å². The van der Waals surface area contributed by atoms with E-state index >= 15 is 0 Å². The summed E-state index contributed by atoms with van der Waals surface area (Å²) in [6, 6.07) is 9.90. The van der Waals surface area contributed by atoms with E-state index in [1.807, 2.05) is 52.1 Å². The summed E-state index contributed by atoms with van der Waals surface area (Å²) in [5.74, 6) is 1.13. The number of aromatic nitrogens is 4. The molecule has 2 bridgehead atoms. The molecule has 39 heavy (non-hydrogen) atoms. The van der Waals surface area contributed by atoms with Crippen molar-refractivity contribution in [3.63, 3.8) is 0 Å². The highest BCUT2D eigenvalue weighted by molar-refractivity contribution is 5.98. The van der Waals surface area contributed by atoms with Gasteiger partial charge in [-0.2, -0.15) is 20.6 Å². The highest BCUT2D eigenvalue weighted by atomic mass is 16.5. The van der Waals surface area contributed by atoms with E-state index in [0.717, 1.165) is 41.6 Å². The van der Waals surface area contributed by atoms with Gasteiger partial charge in [0.05, 0.1) is 41.4 Å². The van der Waals surface area contributed by atoms with Crippen LogP contribution in [0.2, 0.25) is 0 Å². The van der Waals surface area contributed by atoms with Crippen LogP contribution in [-0.2, 0) is 13.6 Å². The lowest BCUT2D eigenvalue weighted by molar-refractivity contribution is -0.0665. The van der Waals surface area contributed by atoms with Gasteiger partial charge in [0.15, 0.2) is 0 Å². The molecule has 1 aliphatic heterocycles. The highest BCUT2D eigenvalue weighted by Gasteiger charge is 2.69. The highest BCUT2D eigenvalue weighted by Crippen LogP contribution is 2.67. The Kier molecular flexibility index (Phi) is 5.47. The molecule has 1 unspecified atom stereocenters. The Morgan fingerprint density at radius 3 is 2.54 bits per heavy atom. The van der Waals surface area contributed by atoms with Crippen molar-refractivity contribution < 1.29 is 9.53 Å². The van der Waals surface area contributed by atoms with Crippen LogP contribution in [0.25, 0.3) is 6.08 Å². The summed E-state index contributed by atoms with van der Waals surface area (Å²) >= 11 is 0. The summed E-state index contributed by atoms with van der Waals surface area (Å²) in [6.45, 7) is 6.22. The molecule has 0 radical (unpaired) electrons. The number of nitrogens with one attached hydrogen (secondary N) is 1. The largest absolute Gasteiger partial charge is 0.438 e. The van der Waals surface area contributed by atoms with Crippen molar-refractivity contribution in [2.24, 2.45) is 12.5 Å². The number of carbonyl (C=O) groups is 1. The van der Waals surface area contributed by atoms with Crippen LogP contribution in [0.5, 0.6) is 11.6 Å². The summed E-state index contributed by atoms with van der Waals surface area (Å²) in [5.41, 5.74) is 4.10. The van der Waals surface area contributed by atoms with E-state index in [0.29, 0.717) is 35.4 Å². The molecule has 3 heterocycles. The molecule has 7 rings (SSSR count). The molecule has 4 aliphatic rings. The Labute approximate surface area is 226 Å². The minimum Gasteiger partial charge on any atom is -0.438 e. The Balaban J connectivity index is 1.38. The van der Waals surface area contributed by atoms with E-state index in [9.17, 15) is 10.1 Å². The molecule has 1 aromatic carbocycles. The zero-order valence-electron chi connectivity index (χ0n) is 22.3. The number of hydrogen-bond acceptors (Lipinski definition) is 8. The standard InChI is InChI=1S/C29H28N8O2/c1-17-10-20(6-5-8-30)11-18(2)24(17)39-25-22-19(3)37(12-21-7-9-32-36(21)4)26(38)23(22)33-27(34-25)35-29-13-28(14-29,15-29)16-31/h5-7,9-11,19H,12-15H2,1-4H3,(H,33,34,35)/b6-5+. The topological polar surface area (TPSA) is 133 Å². The lowest BCUT2D eigenvalue weighted by atomic mass is 9.40. The number of anilines is 1. The smallest absolute Gasteiger partial charge is 0.274 e. The second kappa shape index (κ2) is 8.67. The van der Waals surface area contributed by atoms with Gasteiger partial charge in [-0.3, -0.25) is 9.48 Å². The summed E-state index contributed by atoms with van der Waals surface area (Å²) in [5, 5.41) is 26.0. The van der Waals surface area contributed by atoms with Crippen LogP contribution in [0.15, 0.2) is 30.5 Å². The lowest BCUT2D eigenvalue weighted by Gasteiger charge is -2.66. The molecule has 10 heteroatoms. The maximum absolute atomic E-state index is 13.7. The normalized spacial score (nSPS) is 24.5. The quantitative estimate of drug-likeness (QED) is 0.442. The molecule has 10 nitrogen and oxygen atoms in total. The number of carbonyl (C=O) groups excluding carboxylic acids is 1. The third-order valence-corrected chi connectivity index (χ3v) is 8.19. The van der Waals surface area contributed by atoms with Crippen LogP contribution >= 0.6 is 0 Å². The van der Waals surface area contributed by atoms with Gasteiger partial charge in [0.1, 0.15) is 11.4 Å². The van der Waals surface area contributed by atoms with Crippen molar-refractivity contribution in [1.82, 2.24) is 24.6 Å². The van der Waals surface area contributed by atoms with Crippen molar-refractivity contribution in [1.29, 1.82) is 10.5 Å². The fourth-order valence-corrected chi connectivity index (χ4v) is 6.28. The summed E-state index contributed by atoms with van der Waals surface area (Å²) < 4.78 is 8.25. The maximum Gasteiger partial charge on any atom is 0.274 e. The number of ether oxygens (including phenoxy) is 1. The molecule has 2 aromatic heterocycles. The minimum absolute atomic E-state index is 0.189. The second-order valence-electron chi connectivity index (χ2n) is 11.0. The van der Waals surface area contributed by atoms with Crippen LogP contribution in [0, 0.1) is 41.9 Å². The molecule has 1 atom stereocenters. The fourth-order valence-electron chi connectivity index (χ4n) is 6.28. The van der Waals surface area contributed by atoms with E-state index in [4.69, 9.17) is 15.0 Å². The van der Waals surface area contributed by atoms with Crippen LogP contribution in [0.3, 0.4) is 0 Å². The minimum atomic E-state index is -0.318. The molecular weight excluding hydrogens is 492 g/mol. The number of benzene rings is 1. The Morgan fingerprint density at radius 2 is 1.92 bits per heavy atom. The lowest BCUT2D eigenvalue weighted by Crippen LogP contribution is -2.70. The summed E-state index contributed by atoms with van der Waals surface area (Å²) in [7, 11) is 1.85. The van der Waals surface area contributed by atoms with Gasteiger partial charge in [-0.25, -0.2) is 4.98 Å². The van der Waals surface area contributed by atoms with E-state index in [1.54, 1.807) is 21.9 Å². The first kappa shape index (κ1) is 24.6. The van der Waals surface area contributed by atoms with E-state index < -0.39 is 0 Å². The van der Waals surface area contributed by atoms with Gasteiger partial charge in [0.25, 0.3) is 5.91 Å². The first-order valence-corrected chi connectivity index (χ1v) is 12.9. The predicted octanol–water partition coefficient (Wildman–Crippen LogP) is 4.73. The SMILES string of the molecule is Cc1cc(/C=C/C#N)cc(C)c1Oc1nc(NC23CC(C#N)(C2)C3)nc2c1C(C)N(Cc1ccnn1C)C2=O. The van der Waals surface area contributed by atoms with Crippen molar-refractivity contribution in [3.8, 4) is 23.8 Å². The number of nitriles is 2. The number of nitrogens with zero attached hydrogens (tertiary/aromatic N) is 7. The molecule has 0 spiro atoms. The number of aryl methyl sites for hydroxylation is 3. The summed E-state index contributed by atoms with van der Waals surface area (Å²) in [4.78, 5) is 24.9. The van der Waals surface area contributed by atoms with E-state index in [2.05, 4.69) is 21.5 Å². The Bertz CT molecular complexity index is 1600. The molecule has 3 saturated carbocycles. The Morgan fingerprint density at radius 1 is 1.21 bits per heavy atom. The zero-order chi connectivity index (χ0) is 27.5. The summed E-state index contributed by atoms with van der Waals surface area (Å²) in [6.07, 6.45) is 7.15. The van der Waals surface area contributed by atoms with Gasteiger partial charge in [-0.05, 0) is 81.0 Å². The number of allylic oxidation sites excluding steroid dienone is 1. The Hall–Kier alpha value is -4.70. The average Bonchev–Trinajstić information content (AvgIpc) is 3.37. The number of rotatable bonds is 7. The van der Waals surface area contributed by atoms with Crippen molar-refractivity contribution in [2.75, 3.05) is 5.32 Å². The van der Waals surface area contributed by atoms with Crippen molar-refractivity contribution >= 4 is 17.9 Å². The van der Waals surface area contributed by atoms with Crippen molar-refractivity contribution in [3.05, 3.63) is 64.1 Å². The second-order valence-corrected chi connectivity index (χ2v) is 11.0. The monoisotopic (exact) mass is 520 g/mol. The van der Waals surface area contributed by atoms with Gasteiger partial charge in [-0.15, -0.1) is 0 Å². The predicted molar refractivity (Wildman–Crippen MR) is 142 cm³/mol. The maximum atomic E-state index is 13.7. The molecule has 1 amide bonds.